The second-order valence-corrected chi connectivity index (χ2v) is 8.34. The predicted molar refractivity (Wildman–Crippen MR) is 132 cm³/mol. The number of esters is 1. The molecular formula is C28H27N3O3. The van der Waals surface area contributed by atoms with Crippen LogP contribution in [0.25, 0.3) is 10.8 Å². The highest BCUT2D eigenvalue weighted by molar-refractivity contribution is 5.98. The molecule has 1 heterocycles. The zero-order valence-electron chi connectivity index (χ0n) is 19.2. The first-order chi connectivity index (χ1) is 16.4. The van der Waals surface area contributed by atoms with Gasteiger partial charge in [-0.1, -0.05) is 48.0 Å². The lowest BCUT2D eigenvalue weighted by molar-refractivity contribution is 0.0471. The van der Waals surface area contributed by atoms with E-state index in [2.05, 4.69) is 10.3 Å². The number of carbonyl (C=O) groups excluding carboxylic acids is 2. The van der Waals surface area contributed by atoms with Gasteiger partial charge in [0, 0.05) is 29.9 Å². The zero-order valence-corrected chi connectivity index (χ0v) is 19.2. The Labute approximate surface area is 198 Å². The molecule has 34 heavy (non-hydrogen) atoms. The fourth-order valence-corrected chi connectivity index (χ4v) is 3.86. The minimum atomic E-state index is -0.347. The molecule has 0 bridgehead atoms. The van der Waals surface area contributed by atoms with E-state index in [1.54, 1.807) is 24.5 Å². The molecule has 0 saturated carbocycles. The van der Waals surface area contributed by atoms with Gasteiger partial charge in [-0.05, 0) is 60.2 Å². The van der Waals surface area contributed by atoms with E-state index in [0.29, 0.717) is 11.1 Å². The maximum Gasteiger partial charge on any atom is 0.338 e. The van der Waals surface area contributed by atoms with Crippen LogP contribution in [0.5, 0.6) is 0 Å². The summed E-state index contributed by atoms with van der Waals surface area (Å²) < 4.78 is 5.48. The number of hydrogen-bond donors (Lipinski definition) is 2. The van der Waals surface area contributed by atoms with Crippen LogP contribution in [0.2, 0.25) is 0 Å². The van der Waals surface area contributed by atoms with Crippen LogP contribution in [0, 0.1) is 13.8 Å². The number of nitrogens with one attached hydrogen (secondary N) is 1. The van der Waals surface area contributed by atoms with Gasteiger partial charge in [0.05, 0.1) is 11.6 Å². The summed E-state index contributed by atoms with van der Waals surface area (Å²) in [6.45, 7) is 4.30. The van der Waals surface area contributed by atoms with Crippen molar-refractivity contribution >= 4 is 22.6 Å². The predicted octanol–water partition coefficient (Wildman–Crippen LogP) is 4.64. The highest BCUT2D eigenvalue weighted by Gasteiger charge is 2.16. The molecule has 172 valence electrons. The Bertz CT molecular complexity index is 1330. The Morgan fingerprint density at radius 2 is 1.76 bits per heavy atom. The van der Waals surface area contributed by atoms with Crippen molar-refractivity contribution in [1.29, 1.82) is 0 Å². The van der Waals surface area contributed by atoms with E-state index in [-0.39, 0.29) is 31.1 Å². The van der Waals surface area contributed by atoms with E-state index >= 15 is 0 Å². The van der Waals surface area contributed by atoms with Gasteiger partial charge < -0.3 is 15.8 Å². The van der Waals surface area contributed by atoms with Gasteiger partial charge in [0.1, 0.15) is 6.61 Å². The normalized spacial score (nSPS) is 11.7. The van der Waals surface area contributed by atoms with Crippen LogP contribution < -0.4 is 11.1 Å². The summed E-state index contributed by atoms with van der Waals surface area (Å²) in [5.41, 5.74) is 10.8. The molecule has 4 rings (SSSR count). The van der Waals surface area contributed by atoms with E-state index < -0.39 is 0 Å². The molecule has 4 aromatic rings. The zero-order chi connectivity index (χ0) is 24.1. The molecule has 1 atom stereocenters. The van der Waals surface area contributed by atoms with Crippen molar-refractivity contribution in [2.45, 2.75) is 26.5 Å². The molecule has 3 N–H and O–H groups in total. The van der Waals surface area contributed by atoms with Crippen molar-refractivity contribution in [3.05, 3.63) is 113 Å². The van der Waals surface area contributed by atoms with Crippen molar-refractivity contribution < 1.29 is 14.3 Å². The Morgan fingerprint density at radius 3 is 2.50 bits per heavy atom. The van der Waals surface area contributed by atoms with Crippen molar-refractivity contribution in [3.8, 4) is 0 Å². The largest absolute Gasteiger partial charge is 0.457 e. The number of carbonyl (C=O) groups is 2. The number of aryl methyl sites for hydroxylation is 2. The third-order valence-corrected chi connectivity index (χ3v) is 5.80. The Morgan fingerprint density at radius 1 is 0.971 bits per heavy atom. The van der Waals surface area contributed by atoms with Crippen LogP contribution in [0.3, 0.4) is 0 Å². The molecule has 0 fully saturated rings. The summed E-state index contributed by atoms with van der Waals surface area (Å²) in [7, 11) is 0. The summed E-state index contributed by atoms with van der Waals surface area (Å²) >= 11 is 0. The molecule has 0 aliphatic rings. The molecular weight excluding hydrogens is 426 g/mol. The van der Waals surface area contributed by atoms with Crippen LogP contribution in [-0.4, -0.2) is 23.4 Å². The minimum absolute atomic E-state index is 0.165. The van der Waals surface area contributed by atoms with E-state index in [9.17, 15) is 9.59 Å². The van der Waals surface area contributed by atoms with Crippen LogP contribution >= 0.6 is 0 Å². The van der Waals surface area contributed by atoms with E-state index in [0.717, 1.165) is 33.0 Å². The first-order valence-corrected chi connectivity index (χ1v) is 11.1. The lowest BCUT2D eigenvalue weighted by atomic mass is 10.0. The lowest BCUT2D eigenvalue weighted by Gasteiger charge is -2.18. The molecule has 6 heteroatoms. The summed E-state index contributed by atoms with van der Waals surface area (Å²) in [5.74, 6) is -0.541. The van der Waals surface area contributed by atoms with Gasteiger partial charge in [-0.15, -0.1) is 0 Å². The molecule has 6 nitrogen and oxygen atoms in total. The number of benzene rings is 3. The number of fused-ring (bicyclic) bond motifs is 1. The monoisotopic (exact) mass is 453 g/mol. The molecule has 3 aromatic carbocycles. The van der Waals surface area contributed by atoms with Crippen LogP contribution in [-0.2, 0) is 11.3 Å². The number of aromatic nitrogens is 1. The van der Waals surface area contributed by atoms with Gasteiger partial charge in [-0.25, -0.2) is 4.79 Å². The van der Waals surface area contributed by atoms with Gasteiger partial charge in [0.15, 0.2) is 0 Å². The standard InChI is InChI=1S/C28H27N3O3/c1-18-3-10-25(19(2)13-18)28(33)34-17-20-4-6-21(7-5-20)26(15-29)31-27(32)23-8-9-24-16-30-12-11-22(24)14-23/h3-14,16,26H,15,17,29H2,1-2H3,(H,31,32). The Balaban J connectivity index is 1.39. The summed E-state index contributed by atoms with van der Waals surface area (Å²) in [5, 5.41) is 4.93. The Kier molecular flexibility index (Phi) is 6.99. The minimum Gasteiger partial charge on any atom is -0.457 e. The number of ether oxygens (including phenoxy) is 1. The highest BCUT2D eigenvalue weighted by Crippen LogP contribution is 2.18. The second kappa shape index (κ2) is 10.3. The van der Waals surface area contributed by atoms with Gasteiger partial charge in [-0.3, -0.25) is 9.78 Å². The average Bonchev–Trinajstić information content (AvgIpc) is 2.85. The van der Waals surface area contributed by atoms with E-state index in [1.807, 2.05) is 68.4 Å². The summed E-state index contributed by atoms with van der Waals surface area (Å²) in [6.07, 6.45) is 3.47. The molecule has 0 saturated heterocycles. The number of pyridine rings is 1. The first kappa shape index (κ1) is 23.1. The average molecular weight is 454 g/mol. The first-order valence-electron chi connectivity index (χ1n) is 11.1. The number of nitrogens with zero attached hydrogens (tertiary/aromatic N) is 1. The molecule has 1 unspecified atom stereocenters. The van der Waals surface area contributed by atoms with Gasteiger partial charge in [-0.2, -0.15) is 0 Å². The van der Waals surface area contributed by atoms with E-state index in [1.165, 1.54) is 0 Å². The van der Waals surface area contributed by atoms with Crippen molar-refractivity contribution in [2.75, 3.05) is 6.54 Å². The van der Waals surface area contributed by atoms with Crippen molar-refractivity contribution in [3.63, 3.8) is 0 Å². The maximum atomic E-state index is 12.8. The second-order valence-electron chi connectivity index (χ2n) is 8.34. The smallest absolute Gasteiger partial charge is 0.338 e. The van der Waals surface area contributed by atoms with E-state index in [4.69, 9.17) is 10.5 Å². The fraction of sp³-hybridized carbons (Fsp3) is 0.179. The van der Waals surface area contributed by atoms with Gasteiger partial charge >= 0.3 is 5.97 Å². The maximum absolute atomic E-state index is 12.8. The van der Waals surface area contributed by atoms with Gasteiger partial charge in [0.25, 0.3) is 5.91 Å². The third-order valence-electron chi connectivity index (χ3n) is 5.80. The fourth-order valence-electron chi connectivity index (χ4n) is 3.86. The Hall–Kier alpha value is -4.03. The van der Waals surface area contributed by atoms with Crippen molar-refractivity contribution in [1.82, 2.24) is 10.3 Å². The molecule has 1 aromatic heterocycles. The molecule has 0 radical (unpaired) electrons. The molecule has 0 aliphatic carbocycles. The summed E-state index contributed by atoms with van der Waals surface area (Å²) in [6, 6.07) is 20.2. The van der Waals surface area contributed by atoms with Gasteiger partial charge in [0.2, 0.25) is 0 Å². The topological polar surface area (TPSA) is 94.3 Å². The quantitative estimate of drug-likeness (QED) is 0.398. The molecule has 0 spiro atoms. The number of rotatable bonds is 7. The number of nitrogens with two attached hydrogens (primary N) is 1. The van der Waals surface area contributed by atoms with Crippen LogP contribution in [0.15, 0.2) is 79.1 Å². The third kappa shape index (κ3) is 5.30. The van der Waals surface area contributed by atoms with Crippen LogP contribution in [0.1, 0.15) is 49.0 Å². The number of hydrogen-bond acceptors (Lipinski definition) is 5. The summed E-state index contributed by atoms with van der Waals surface area (Å²) in [4.78, 5) is 29.3. The highest BCUT2D eigenvalue weighted by atomic mass is 16.5. The van der Waals surface area contributed by atoms with Crippen molar-refractivity contribution in [2.24, 2.45) is 5.73 Å². The lowest BCUT2D eigenvalue weighted by Crippen LogP contribution is -2.33. The number of amides is 1. The molecule has 0 aliphatic heterocycles. The SMILES string of the molecule is Cc1ccc(C(=O)OCc2ccc(C(CN)NC(=O)c3ccc4cnccc4c3)cc2)c(C)c1. The molecule has 1 amide bonds. The van der Waals surface area contributed by atoms with Crippen LogP contribution in [0.4, 0.5) is 0 Å².